The summed E-state index contributed by atoms with van der Waals surface area (Å²) in [6, 6.07) is 6.45. The van der Waals surface area contributed by atoms with Gasteiger partial charge >= 0.3 is 0 Å². The molecule has 0 bridgehead atoms. The minimum absolute atomic E-state index is 0.270. The van der Waals surface area contributed by atoms with Crippen LogP contribution in [0.15, 0.2) is 42.9 Å². The molecule has 0 aliphatic carbocycles. The maximum Gasteiger partial charge on any atom is 0.139 e. The second kappa shape index (κ2) is 2.77. The van der Waals surface area contributed by atoms with Crippen molar-refractivity contribution in [1.82, 2.24) is 9.55 Å². The normalized spacial score (nSPS) is 10.1. The third-order valence-corrected chi connectivity index (χ3v) is 1.58. The Morgan fingerprint density at radius 3 is 2.67 bits per heavy atom. The van der Waals surface area contributed by atoms with E-state index in [1.54, 1.807) is 4.57 Å². The number of hydrogen-bond acceptors (Lipinski definition) is 1. The summed E-state index contributed by atoms with van der Waals surface area (Å²) >= 11 is 0. The molecule has 0 N–H and O–H groups in total. The number of rotatable bonds is 1. The van der Waals surface area contributed by atoms with E-state index in [9.17, 15) is 4.39 Å². The van der Waals surface area contributed by atoms with Crippen molar-refractivity contribution >= 4 is 0 Å². The molecule has 0 amide bonds. The molecule has 0 unspecified atom stereocenters. The van der Waals surface area contributed by atoms with Gasteiger partial charge in [-0.25, -0.2) is 9.37 Å². The van der Waals surface area contributed by atoms with E-state index in [0.717, 1.165) is 0 Å². The van der Waals surface area contributed by atoms with Gasteiger partial charge in [0.2, 0.25) is 0 Å². The molecule has 2 aromatic heterocycles. The van der Waals surface area contributed by atoms with Crippen LogP contribution in [-0.2, 0) is 0 Å². The minimum atomic E-state index is -0.270. The van der Waals surface area contributed by atoms with Crippen LogP contribution in [-0.4, -0.2) is 9.55 Å². The summed E-state index contributed by atoms with van der Waals surface area (Å²) in [5.41, 5.74) is 0. The first-order chi connectivity index (χ1) is 5.86. The first-order valence-corrected chi connectivity index (χ1v) is 3.61. The molecule has 0 fully saturated rings. The van der Waals surface area contributed by atoms with Crippen LogP contribution < -0.4 is 0 Å². The zero-order valence-electron chi connectivity index (χ0n) is 6.31. The van der Waals surface area contributed by atoms with Crippen molar-refractivity contribution in [3.63, 3.8) is 0 Å². The van der Waals surface area contributed by atoms with Gasteiger partial charge in [-0.05, 0) is 18.2 Å². The zero-order chi connectivity index (χ0) is 8.39. The standard InChI is InChI=1S/C9H7FN2/c10-8-3-4-11-9(7-8)12-5-1-2-6-12/h1-7H. The van der Waals surface area contributed by atoms with E-state index in [4.69, 9.17) is 0 Å². The van der Waals surface area contributed by atoms with Gasteiger partial charge in [0.15, 0.2) is 0 Å². The Morgan fingerprint density at radius 1 is 1.25 bits per heavy atom. The van der Waals surface area contributed by atoms with Crippen molar-refractivity contribution in [2.75, 3.05) is 0 Å². The van der Waals surface area contributed by atoms with Crippen molar-refractivity contribution < 1.29 is 4.39 Å². The third kappa shape index (κ3) is 1.21. The highest BCUT2D eigenvalue weighted by molar-refractivity contribution is 5.23. The summed E-state index contributed by atoms with van der Waals surface area (Å²) < 4.78 is 14.5. The Labute approximate surface area is 69.3 Å². The summed E-state index contributed by atoms with van der Waals surface area (Å²) in [6.45, 7) is 0. The average Bonchev–Trinajstić information content (AvgIpc) is 2.56. The maximum absolute atomic E-state index is 12.7. The molecule has 2 nitrogen and oxygen atoms in total. The molecule has 0 aromatic carbocycles. The van der Waals surface area contributed by atoms with Crippen LogP contribution in [0.2, 0.25) is 0 Å². The Bertz CT molecular complexity index is 368. The van der Waals surface area contributed by atoms with Crippen molar-refractivity contribution in [3.05, 3.63) is 48.7 Å². The molecule has 2 aromatic rings. The van der Waals surface area contributed by atoms with E-state index < -0.39 is 0 Å². The van der Waals surface area contributed by atoms with Crippen LogP contribution in [0.25, 0.3) is 5.82 Å². The fourth-order valence-corrected chi connectivity index (χ4v) is 1.02. The van der Waals surface area contributed by atoms with E-state index in [0.29, 0.717) is 5.82 Å². The van der Waals surface area contributed by atoms with Crippen LogP contribution in [0.1, 0.15) is 0 Å². The lowest BCUT2D eigenvalue weighted by molar-refractivity contribution is 0.623. The number of pyridine rings is 1. The molecule has 0 atom stereocenters. The van der Waals surface area contributed by atoms with E-state index >= 15 is 0 Å². The molecule has 3 heteroatoms. The van der Waals surface area contributed by atoms with Gasteiger partial charge in [-0.1, -0.05) is 0 Å². The molecule has 2 heterocycles. The highest BCUT2D eigenvalue weighted by Crippen LogP contribution is 2.05. The van der Waals surface area contributed by atoms with Gasteiger partial charge in [0.1, 0.15) is 11.6 Å². The zero-order valence-corrected chi connectivity index (χ0v) is 6.31. The lowest BCUT2D eigenvalue weighted by atomic mass is 10.4. The topological polar surface area (TPSA) is 17.8 Å². The van der Waals surface area contributed by atoms with Gasteiger partial charge in [-0.15, -0.1) is 0 Å². The second-order valence-corrected chi connectivity index (χ2v) is 2.42. The van der Waals surface area contributed by atoms with Crippen molar-refractivity contribution in [2.45, 2.75) is 0 Å². The Morgan fingerprint density at radius 2 is 2.00 bits per heavy atom. The molecule has 0 spiro atoms. The Balaban J connectivity index is 2.48. The first kappa shape index (κ1) is 7.03. The average molecular weight is 162 g/mol. The quantitative estimate of drug-likeness (QED) is 0.627. The fraction of sp³-hybridized carbons (Fsp3) is 0. The van der Waals surface area contributed by atoms with E-state index in [1.807, 2.05) is 24.5 Å². The van der Waals surface area contributed by atoms with E-state index in [1.165, 1.54) is 18.3 Å². The fourth-order valence-electron chi connectivity index (χ4n) is 1.02. The molecule has 0 saturated carbocycles. The second-order valence-electron chi connectivity index (χ2n) is 2.42. The van der Waals surface area contributed by atoms with Crippen LogP contribution in [0.3, 0.4) is 0 Å². The molecule has 12 heavy (non-hydrogen) atoms. The molecule has 2 rings (SSSR count). The summed E-state index contributed by atoms with van der Waals surface area (Å²) in [6.07, 6.45) is 5.09. The number of halogens is 1. The minimum Gasteiger partial charge on any atom is -0.309 e. The molecular formula is C9H7FN2. The molecule has 60 valence electrons. The first-order valence-electron chi connectivity index (χ1n) is 3.61. The Hall–Kier alpha value is -1.64. The van der Waals surface area contributed by atoms with Gasteiger partial charge < -0.3 is 4.57 Å². The molecular weight excluding hydrogens is 155 g/mol. The predicted octanol–water partition coefficient (Wildman–Crippen LogP) is 2.01. The van der Waals surface area contributed by atoms with E-state index in [2.05, 4.69) is 4.98 Å². The number of aromatic nitrogens is 2. The van der Waals surface area contributed by atoms with Gasteiger partial charge in [0.05, 0.1) is 0 Å². The van der Waals surface area contributed by atoms with Gasteiger partial charge in [-0.3, -0.25) is 0 Å². The van der Waals surface area contributed by atoms with Crippen LogP contribution in [0.5, 0.6) is 0 Å². The lowest BCUT2D eigenvalue weighted by Crippen LogP contribution is -1.93. The van der Waals surface area contributed by atoms with Crippen LogP contribution in [0.4, 0.5) is 4.39 Å². The van der Waals surface area contributed by atoms with Gasteiger partial charge in [0.25, 0.3) is 0 Å². The molecule has 0 aliphatic rings. The summed E-state index contributed by atoms with van der Waals surface area (Å²) in [5, 5.41) is 0. The van der Waals surface area contributed by atoms with Crippen LogP contribution >= 0.6 is 0 Å². The highest BCUT2D eigenvalue weighted by Gasteiger charge is 1.96. The van der Waals surface area contributed by atoms with Crippen molar-refractivity contribution in [3.8, 4) is 5.82 Å². The molecule has 0 saturated heterocycles. The SMILES string of the molecule is Fc1ccnc(-n2cccc2)c1. The van der Waals surface area contributed by atoms with Crippen LogP contribution in [0, 0.1) is 5.82 Å². The smallest absolute Gasteiger partial charge is 0.139 e. The monoisotopic (exact) mass is 162 g/mol. The van der Waals surface area contributed by atoms with Gasteiger partial charge in [-0.2, -0.15) is 0 Å². The number of hydrogen-bond donors (Lipinski definition) is 0. The maximum atomic E-state index is 12.7. The lowest BCUT2D eigenvalue weighted by Gasteiger charge is -1.99. The third-order valence-electron chi connectivity index (χ3n) is 1.58. The summed E-state index contributed by atoms with van der Waals surface area (Å²) in [7, 11) is 0. The Kier molecular flexibility index (Phi) is 1.63. The summed E-state index contributed by atoms with van der Waals surface area (Å²) in [5.74, 6) is 0.328. The summed E-state index contributed by atoms with van der Waals surface area (Å²) in [4.78, 5) is 4.00. The predicted molar refractivity (Wildman–Crippen MR) is 43.5 cm³/mol. The largest absolute Gasteiger partial charge is 0.309 e. The van der Waals surface area contributed by atoms with E-state index in [-0.39, 0.29) is 5.82 Å². The molecule has 0 radical (unpaired) electrons. The van der Waals surface area contributed by atoms with Gasteiger partial charge in [0, 0.05) is 24.7 Å². The van der Waals surface area contributed by atoms with Crippen molar-refractivity contribution in [2.24, 2.45) is 0 Å². The number of nitrogens with zero attached hydrogens (tertiary/aromatic N) is 2. The highest BCUT2D eigenvalue weighted by atomic mass is 19.1. The molecule has 0 aliphatic heterocycles. The van der Waals surface area contributed by atoms with Crippen molar-refractivity contribution in [1.29, 1.82) is 0 Å².